The van der Waals surface area contributed by atoms with Gasteiger partial charge in [0.1, 0.15) is 9.88 Å². The predicted octanol–water partition coefficient (Wildman–Crippen LogP) is 5.81. The number of nitrogens with one attached hydrogen (secondary N) is 1. The molecule has 0 spiro atoms. The first-order chi connectivity index (χ1) is 16.5. The molecule has 1 amide bonds. The average Bonchev–Trinajstić information content (AvgIpc) is 3.20. The lowest BCUT2D eigenvalue weighted by Crippen LogP contribution is -2.36. The molecule has 0 atom stereocenters. The van der Waals surface area contributed by atoms with Crippen molar-refractivity contribution in [2.24, 2.45) is 0 Å². The van der Waals surface area contributed by atoms with Crippen LogP contribution in [0.15, 0.2) is 78.9 Å². The van der Waals surface area contributed by atoms with E-state index < -0.39 is 0 Å². The highest BCUT2D eigenvalue weighted by Gasteiger charge is 2.31. The quantitative estimate of drug-likeness (QED) is 0.363. The second-order valence-electron chi connectivity index (χ2n) is 8.43. The second kappa shape index (κ2) is 9.15. The van der Waals surface area contributed by atoms with E-state index in [1.807, 2.05) is 66.4 Å². The van der Waals surface area contributed by atoms with Gasteiger partial charge in [-0.25, -0.2) is 0 Å². The summed E-state index contributed by atoms with van der Waals surface area (Å²) >= 11 is 1.24. The van der Waals surface area contributed by atoms with Crippen LogP contribution in [0.3, 0.4) is 0 Å². The SMILES string of the molecule is Cc1ccccc1Nc1sc(C(=O)c2ccccc2)c(N)c1C(=O)N1CCc2ccccc2C1. The Kier molecular flexibility index (Phi) is 5.90. The minimum Gasteiger partial charge on any atom is -0.397 e. The minimum atomic E-state index is -0.182. The number of nitrogens with zero attached hydrogens (tertiary/aromatic N) is 1. The Morgan fingerprint density at radius 2 is 1.59 bits per heavy atom. The Balaban J connectivity index is 1.55. The maximum atomic E-state index is 13.8. The van der Waals surface area contributed by atoms with Gasteiger partial charge in [0, 0.05) is 24.3 Å². The summed E-state index contributed by atoms with van der Waals surface area (Å²) in [6.07, 6.45) is 0.794. The van der Waals surface area contributed by atoms with Crippen LogP contribution in [0.5, 0.6) is 0 Å². The Bertz CT molecular complexity index is 1380. The lowest BCUT2D eigenvalue weighted by atomic mass is 9.99. The molecule has 0 aliphatic carbocycles. The summed E-state index contributed by atoms with van der Waals surface area (Å²) in [7, 11) is 0. The van der Waals surface area contributed by atoms with Gasteiger partial charge in [0.25, 0.3) is 5.91 Å². The van der Waals surface area contributed by atoms with E-state index in [-0.39, 0.29) is 17.4 Å². The van der Waals surface area contributed by atoms with Crippen molar-refractivity contribution in [3.8, 4) is 0 Å². The van der Waals surface area contributed by atoms with Crippen molar-refractivity contribution in [3.63, 3.8) is 0 Å². The second-order valence-corrected chi connectivity index (χ2v) is 9.45. The molecule has 0 saturated heterocycles. The molecule has 0 unspecified atom stereocenters. The Morgan fingerprint density at radius 1 is 0.912 bits per heavy atom. The number of carbonyl (C=O) groups is 2. The lowest BCUT2D eigenvalue weighted by molar-refractivity contribution is 0.0737. The van der Waals surface area contributed by atoms with E-state index >= 15 is 0 Å². The highest BCUT2D eigenvalue weighted by atomic mass is 32.1. The third kappa shape index (κ3) is 4.08. The number of nitrogen functional groups attached to an aromatic ring is 1. The van der Waals surface area contributed by atoms with Gasteiger partial charge in [-0.2, -0.15) is 0 Å². The number of benzene rings is 3. The highest BCUT2D eigenvalue weighted by molar-refractivity contribution is 7.19. The van der Waals surface area contributed by atoms with Crippen molar-refractivity contribution in [2.75, 3.05) is 17.6 Å². The van der Waals surface area contributed by atoms with Gasteiger partial charge in [-0.1, -0.05) is 72.8 Å². The maximum Gasteiger partial charge on any atom is 0.259 e. The summed E-state index contributed by atoms with van der Waals surface area (Å²) in [5.41, 5.74) is 12.0. The lowest BCUT2D eigenvalue weighted by Gasteiger charge is -2.29. The number of hydrogen-bond donors (Lipinski definition) is 2. The van der Waals surface area contributed by atoms with Crippen LogP contribution in [0.2, 0.25) is 0 Å². The van der Waals surface area contributed by atoms with E-state index in [2.05, 4.69) is 17.4 Å². The van der Waals surface area contributed by atoms with Crippen LogP contribution in [-0.2, 0) is 13.0 Å². The minimum absolute atomic E-state index is 0.161. The fraction of sp³-hybridized carbons (Fsp3) is 0.143. The molecule has 3 N–H and O–H groups in total. The van der Waals surface area contributed by atoms with Gasteiger partial charge in [-0.3, -0.25) is 9.59 Å². The molecule has 1 aliphatic heterocycles. The highest BCUT2D eigenvalue weighted by Crippen LogP contribution is 2.40. The maximum absolute atomic E-state index is 13.8. The van der Waals surface area contributed by atoms with E-state index in [1.54, 1.807) is 12.1 Å². The third-order valence-corrected chi connectivity index (χ3v) is 7.33. The summed E-state index contributed by atoms with van der Waals surface area (Å²) in [6, 6.07) is 25.1. The largest absolute Gasteiger partial charge is 0.397 e. The number of amides is 1. The van der Waals surface area contributed by atoms with Crippen LogP contribution in [0.4, 0.5) is 16.4 Å². The van der Waals surface area contributed by atoms with Crippen molar-refractivity contribution >= 4 is 39.4 Å². The molecule has 0 radical (unpaired) electrons. The number of nitrogens with two attached hydrogens (primary N) is 1. The van der Waals surface area contributed by atoms with Crippen LogP contribution in [0.25, 0.3) is 0 Å². The number of thiophene rings is 1. The number of anilines is 3. The number of para-hydroxylation sites is 1. The molecule has 5 rings (SSSR count). The molecule has 4 aromatic rings. The number of fused-ring (bicyclic) bond motifs is 1. The Morgan fingerprint density at radius 3 is 2.35 bits per heavy atom. The summed E-state index contributed by atoms with van der Waals surface area (Å²) in [5, 5.41) is 3.98. The molecular weight excluding hydrogens is 442 g/mol. The fourth-order valence-corrected chi connectivity index (χ4v) is 5.38. The normalized spacial score (nSPS) is 12.8. The van der Waals surface area contributed by atoms with Crippen molar-refractivity contribution in [1.29, 1.82) is 0 Å². The summed E-state index contributed by atoms with van der Waals surface area (Å²) < 4.78 is 0. The molecule has 5 nitrogen and oxygen atoms in total. The Hall–Kier alpha value is -3.90. The summed E-state index contributed by atoms with van der Waals surface area (Å²) in [4.78, 5) is 29.3. The van der Waals surface area contributed by atoms with E-state index in [0.29, 0.717) is 34.1 Å². The van der Waals surface area contributed by atoms with E-state index in [0.717, 1.165) is 23.2 Å². The third-order valence-electron chi connectivity index (χ3n) is 6.21. The smallest absolute Gasteiger partial charge is 0.259 e. The number of ketones is 1. The van der Waals surface area contributed by atoms with E-state index in [9.17, 15) is 9.59 Å². The zero-order chi connectivity index (χ0) is 23.7. The van der Waals surface area contributed by atoms with Crippen LogP contribution < -0.4 is 11.1 Å². The van der Waals surface area contributed by atoms with Crippen LogP contribution >= 0.6 is 11.3 Å². The first-order valence-corrected chi connectivity index (χ1v) is 12.1. The molecule has 34 heavy (non-hydrogen) atoms. The van der Waals surface area contributed by atoms with Crippen molar-refractivity contribution < 1.29 is 9.59 Å². The van der Waals surface area contributed by atoms with Gasteiger partial charge in [0.2, 0.25) is 5.78 Å². The molecule has 0 saturated carbocycles. The van der Waals surface area contributed by atoms with Gasteiger partial charge in [-0.15, -0.1) is 11.3 Å². The van der Waals surface area contributed by atoms with Gasteiger partial charge in [-0.05, 0) is 36.1 Å². The Labute approximate surface area is 202 Å². The van der Waals surface area contributed by atoms with Crippen molar-refractivity contribution in [1.82, 2.24) is 4.90 Å². The number of rotatable bonds is 5. The monoisotopic (exact) mass is 467 g/mol. The fourth-order valence-electron chi connectivity index (χ4n) is 4.30. The average molecular weight is 468 g/mol. The molecule has 0 fully saturated rings. The molecular formula is C28H25N3O2S. The topological polar surface area (TPSA) is 75.4 Å². The summed E-state index contributed by atoms with van der Waals surface area (Å²) in [6.45, 7) is 3.13. The van der Waals surface area contributed by atoms with Crippen molar-refractivity contribution in [2.45, 2.75) is 19.9 Å². The van der Waals surface area contributed by atoms with E-state index in [1.165, 1.54) is 16.9 Å². The van der Waals surface area contributed by atoms with Crippen LogP contribution in [-0.4, -0.2) is 23.1 Å². The summed E-state index contributed by atoms with van der Waals surface area (Å²) in [5.74, 6) is -0.342. The number of aryl methyl sites for hydroxylation is 1. The molecule has 6 heteroatoms. The zero-order valence-corrected chi connectivity index (χ0v) is 19.7. The molecule has 1 aliphatic rings. The zero-order valence-electron chi connectivity index (χ0n) is 18.9. The van der Waals surface area contributed by atoms with Crippen LogP contribution in [0.1, 0.15) is 42.3 Å². The molecule has 0 bridgehead atoms. The number of carbonyl (C=O) groups excluding carboxylic acids is 2. The molecule has 3 aromatic carbocycles. The molecule has 2 heterocycles. The first kappa shape index (κ1) is 21.9. The molecule has 1 aromatic heterocycles. The predicted molar refractivity (Wildman–Crippen MR) is 138 cm³/mol. The van der Waals surface area contributed by atoms with Gasteiger partial charge in [0.05, 0.1) is 11.3 Å². The number of hydrogen-bond acceptors (Lipinski definition) is 5. The molecule has 170 valence electrons. The first-order valence-electron chi connectivity index (χ1n) is 11.2. The van der Waals surface area contributed by atoms with Gasteiger partial charge in [0.15, 0.2) is 0 Å². The van der Waals surface area contributed by atoms with Crippen LogP contribution in [0, 0.1) is 6.92 Å². The standard InChI is InChI=1S/C28H25N3O2S/c1-18-9-5-8-14-22(18)30-27-23(24(29)26(34-27)25(32)20-11-3-2-4-12-20)28(33)31-16-15-19-10-6-7-13-21(19)17-31/h2-14,30H,15-17,29H2,1H3. The van der Waals surface area contributed by atoms with Gasteiger partial charge >= 0.3 is 0 Å². The van der Waals surface area contributed by atoms with E-state index in [4.69, 9.17) is 5.73 Å². The van der Waals surface area contributed by atoms with Gasteiger partial charge < -0.3 is 16.0 Å². The van der Waals surface area contributed by atoms with Crippen molar-refractivity contribution in [3.05, 3.63) is 112 Å².